The summed E-state index contributed by atoms with van der Waals surface area (Å²) in [5.41, 5.74) is -0.0719. The summed E-state index contributed by atoms with van der Waals surface area (Å²) in [5, 5.41) is 9.99. The van der Waals surface area contributed by atoms with Gasteiger partial charge in [0.2, 0.25) is 0 Å². The maximum Gasteiger partial charge on any atom is 0.336 e. The van der Waals surface area contributed by atoms with E-state index in [0.29, 0.717) is 30.7 Å². The quantitative estimate of drug-likeness (QED) is 0.850. The topological polar surface area (TPSA) is 97.0 Å². The van der Waals surface area contributed by atoms with Crippen molar-refractivity contribution in [3.63, 3.8) is 0 Å². The van der Waals surface area contributed by atoms with E-state index in [0.717, 1.165) is 5.39 Å². The Labute approximate surface area is 143 Å². The molecular weight excluding hydrogens is 326 g/mol. The number of benzene rings is 1. The number of hydrogen-bond acceptors (Lipinski definition) is 5. The molecule has 0 unspecified atom stereocenters. The highest BCUT2D eigenvalue weighted by molar-refractivity contribution is 5.81. The van der Waals surface area contributed by atoms with Crippen LogP contribution >= 0.6 is 0 Å². The number of nitrogens with zero attached hydrogens (tertiary/aromatic N) is 1. The van der Waals surface area contributed by atoms with Gasteiger partial charge in [-0.05, 0) is 38.0 Å². The fraction of sp³-hybridized carbons (Fsp3) is 0.389. The molecule has 0 aliphatic carbocycles. The van der Waals surface area contributed by atoms with Gasteiger partial charge in [-0.1, -0.05) is 0 Å². The molecular formula is C18H19NO6. The molecule has 0 spiro atoms. The molecule has 7 nitrogen and oxygen atoms in total. The zero-order valence-electron chi connectivity index (χ0n) is 13.8. The first-order valence-corrected chi connectivity index (χ1v) is 8.14. The first-order valence-electron chi connectivity index (χ1n) is 8.14. The van der Waals surface area contributed by atoms with E-state index in [9.17, 15) is 19.5 Å². The summed E-state index contributed by atoms with van der Waals surface area (Å²) in [6.07, 6.45) is 1.24. The van der Waals surface area contributed by atoms with E-state index < -0.39 is 17.5 Å². The van der Waals surface area contributed by atoms with Crippen LogP contribution in [-0.4, -0.2) is 41.1 Å². The van der Waals surface area contributed by atoms with Crippen LogP contribution in [0.1, 0.15) is 19.8 Å². The van der Waals surface area contributed by atoms with Crippen LogP contribution in [0.4, 0.5) is 0 Å². The van der Waals surface area contributed by atoms with Gasteiger partial charge in [-0.3, -0.25) is 9.59 Å². The molecule has 3 rings (SSSR count). The van der Waals surface area contributed by atoms with E-state index in [2.05, 4.69) is 0 Å². The van der Waals surface area contributed by atoms with Crippen molar-refractivity contribution < 1.29 is 23.8 Å². The lowest BCUT2D eigenvalue weighted by Gasteiger charge is -2.37. The Morgan fingerprint density at radius 2 is 2.08 bits per heavy atom. The van der Waals surface area contributed by atoms with Crippen LogP contribution in [0.15, 0.2) is 39.5 Å². The molecule has 2 heterocycles. The molecule has 1 aromatic carbocycles. The highest BCUT2D eigenvalue weighted by atomic mass is 16.5. The third-order valence-electron chi connectivity index (χ3n) is 4.58. The Kier molecular flexibility index (Phi) is 4.74. The van der Waals surface area contributed by atoms with Crippen molar-refractivity contribution in [2.45, 2.75) is 25.8 Å². The highest BCUT2D eigenvalue weighted by Gasteiger charge is 2.35. The zero-order chi connectivity index (χ0) is 18.0. The second-order valence-electron chi connectivity index (χ2n) is 6.16. The molecule has 7 heteroatoms. The number of rotatable bonds is 4. The molecule has 1 amide bonds. The number of piperidine rings is 1. The predicted octanol–water partition coefficient (Wildman–Crippen LogP) is 1.88. The van der Waals surface area contributed by atoms with Crippen LogP contribution in [0, 0.1) is 5.92 Å². The van der Waals surface area contributed by atoms with E-state index in [4.69, 9.17) is 9.15 Å². The number of carbonyl (C=O) groups is 2. The number of carboxylic acid groups (broad SMARTS) is 1. The molecule has 2 atom stereocenters. The summed E-state index contributed by atoms with van der Waals surface area (Å²) in [6, 6.07) is 7.61. The van der Waals surface area contributed by atoms with Crippen LogP contribution < -0.4 is 10.4 Å². The summed E-state index contributed by atoms with van der Waals surface area (Å²) in [6.45, 7) is 2.08. The van der Waals surface area contributed by atoms with Gasteiger partial charge in [0.15, 0.2) is 6.61 Å². The van der Waals surface area contributed by atoms with Gasteiger partial charge in [0.25, 0.3) is 5.91 Å². The predicted molar refractivity (Wildman–Crippen MR) is 89.5 cm³/mol. The molecule has 2 aromatic rings. The van der Waals surface area contributed by atoms with Crippen LogP contribution in [0.3, 0.4) is 0 Å². The van der Waals surface area contributed by atoms with Gasteiger partial charge in [0.05, 0.1) is 5.92 Å². The third kappa shape index (κ3) is 3.65. The van der Waals surface area contributed by atoms with E-state index in [1.54, 1.807) is 36.1 Å². The van der Waals surface area contributed by atoms with Crippen molar-refractivity contribution in [2.24, 2.45) is 5.92 Å². The van der Waals surface area contributed by atoms with Crippen molar-refractivity contribution in [3.05, 3.63) is 40.8 Å². The van der Waals surface area contributed by atoms with Crippen molar-refractivity contribution in [2.75, 3.05) is 13.2 Å². The average molecular weight is 345 g/mol. The molecule has 1 N–H and O–H groups in total. The number of amides is 1. The Morgan fingerprint density at radius 3 is 2.84 bits per heavy atom. The van der Waals surface area contributed by atoms with Gasteiger partial charge >= 0.3 is 11.6 Å². The Bertz CT molecular complexity index is 858. The van der Waals surface area contributed by atoms with Crippen molar-refractivity contribution in [1.82, 2.24) is 4.90 Å². The number of hydrogen-bond donors (Lipinski definition) is 1. The van der Waals surface area contributed by atoms with Crippen LogP contribution in [0.2, 0.25) is 0 Å². The molecule has 132 valence electrons. The van der Waals surface area contributed by atoms with Gasteiger partial charge in [0.1, 0.15) is 11.3 Å². The Balaban J connectivity index is 1.67. The standard InChI is InChI=1S/C18H19NO6/c1-11-14(18(22)23)3-2-8-19(11)16(20)10-24-13-6-4-12-5-7-17(21)25-15(12)9-13/h4-7,9,11,14H,2-3,8,10H2,1H3,(H,22,23)/t11-,14-/m1/s1. The fourth-order valence-corrected chi connectivity index (χ4v) is 3.18. The van der Waals surface area contributed by atoms with Crippen LogP contribution in [-0.2, 0) is 9.59 Å². The second kappa shape index (κ2) is 6.96. The van der Waals surface area contributed by atoms with Gasteiger partial charge in [-0.2, -0.15) is 0 Å². The molecule has 0 bridgehead atoms. The average Bonchev–Trinajstić information content (AvgIpc) is 2.59. The van der Waals surface area contributed by atoms with E-state index in [1.165, 1.54) is 6.07 Å². The largest absolute Gasteiger partial charge is 0.484 e. The first kappa shape index (κ1) is 17.0. The monoisotopic (exact) mass is 345 g/mol. The number of likely N-dealkylation sites (tertiary alicyclic amines) is 1. The van der Waals surface area contributed by atoms with E-state index >= 15 is 0 Å². The Hall–Kier alpha value is -2.83. The summed E-state index contributed by atoms with van der Waals surface area (Å²) < 4.78 is 10.6. The lowest BCUT2D eigenvalue weighted by Crippen LogP contribution is -2.50. The van der Waals surface area contributed by atoms with E-state index in [-0.39, 0.29) is 18.6 Å². The summed E-state index contributed by atoms with van der Waals surface area (Å²) in [7, 11) is 0. The number of ether oxygens (including phenoxy) is 1. The molecule has 1 aromatic heterocycles. The minimum atomic E-state index is -0.879. The van der Waals surface area contributed by atoms with Crippen molar-refractivity contribution in [3.8, 4) is 5.75 Å². The summed E-state index contributed by atoms with van der Waals surface area (Å²) in [5.74, 6) is -1.27. The maximum absolute atomic E-state index is 12.4. The normalized spacial score (nSPS) is 20.4. The highest BCUT2D eigenvalue weighted by Crippen LogP contribution is 2.24. The first-order chi connectivity index (χ1) is 12.0. The smallest absolute Gasteiger partial charge is 0.336 e. The number of carbonyl (C=O) groups excluding carboxylic acids is 1. The molecule has 0 saturated carbocycles. The van der Waals surface area contributed by atoms with Crippen molar-refractivity contribution >= 4 is 22.8 Å². The fourth-order valence-electron chi connectivity index (χ4n) is 3.18. The number of fused-ring (bicyclic) bond motifs is 1. The summed E-state index contributed by atoms with van der Waals surface area (Å²) in [4.78, 5) is 36.5. The molecule has 0 radical (unpaired) electrons. The minimum Gasteiger partial charge on any atom is -0.484 e. The zero-order valence-corrected chi connectivity index (χ0v) is 13.8. The van der Waals surface area contributed by atoms with E-state index in [1.807, 2.05) is 0 Å². The Morgan fingerprint density at radius 1 is 1.32 bits per heavy atom. The van der Waals surface area contributed by atoms with Gasteiger partial charge in [-0.25, -0.2) is 4.79 Å². The molecule has 1 aliphatic rings. The molecule has 1 fully saturated rings. The van der Waals surface area contributed by atoms with Gasteiger partial charge in [0, 0.05) is 30.1 Å². The van der Waals surface area contributed by atoms with Crippen molar-refractivity contribution in [1.29, 1.82) is 0 Å². The van der Waals surface area contributed by atoms with Crippen LogP contribution in [0.25, 0.3) is 11.0 Å². The van der Waals surface area contributed by atoms with Gasteiger partial charge < -0.3 is 19.2 Å². The van der Waals surface area contributed by atoms with Crippen LogP contribution in [0.5, 0.6) is 5.75 Å². The molecule has 1 saturated heterocycles. The third-order valence-corrected chi connectivity index (χ3v) is 4.58. The maximum atomic E-state index is 12.4. The lowest BCUT2D eigenvalue weighted by atomic mass is 9.90. The molecule has 1 aliphatic heterocycles. The number of carboxylic acids is 1. The lowest BCUT2D eigenvalue weighted by molar-refractivity contribution is -0.149. The van der Waals surface area contributed by atoms with Gasteiger partial charge in [-0.15, -0.1) is 0 Å². The SMILES string of the molecule is C[C@@H]1[C@H](C(=O)O)CCCN1C(=O)COc1ccc2ccc(=O)oc2c1. The summed E-state index contributed by atoms with van der Waals surface area (Å²) >= 11 is 0. The second-order valence-corrected chi connectivity index (χ2v) is 6.16. The number of aliphatic carboxylic acids is 1. The minimum absolute atomic E-state index is 0.195. The molecule has 25 heavy (non-hydrogen) atoms.